The van der Waals surface area contributed by atoms with Crippen molar-refractivity contribution in [2.45, 2.75) is 13.8 Å². The Morgan fingerprint density at radius 2 is 1.78 bits per heavy atom. The van der Waals surface area contributed by atoms with Crippen LogP contribution in [0.1, 0.15) is 21.7 Å². The lowest BCUT2D eigenvalue weighted by atomic mass is 10.1. The fourth-order valence-electron chi connectivity index (χ4n) is 3.66. The summed E-state index contributed by atoms with van der Waals surface area (Å²) in [5, 5.41) is 6.86. The van der Waals surface area contributed by atoms with E-state index in [1.165, 1.54) is 17.7 Å². The Morgan fingerprint density at radius 1 is 1.03 bits per heavy atom. The van der Waals surface area contributed by atoms with Gasteiger partial charge in [0.2, 0.25) is 0 Å². The molecule has 0 atom stereocenters. The minimum Gasteiger partial charge on any atom is -0.267 e. The first-order valence-electron chi connectivity index (χ1n) is 10.0. The highest BCUT2D eigenvalue weighted by Crippen LogP contribution is 2.30. The van der Waals surface area contributed by atoms with E-state index < -0.39 is 5.91 Å². The molecule has 0 unspecified atom stereocenters. The Bertz CT molecular complexity index is 1500. The average molecular weight is 442 g/mol. The molecule has 8 heteroatoms. The van der Waals surface area contributed by atoms with E-state index in [0.29, 0.717) is 15.8 Å². The molecule has 1 amide bonds. The third kappa shape index (κ3) is 3.50. The maximum absolute atomic E-state index is 13.1. The van der Waals surface area contributed by atoms with Gasteiger partial charge in [0.05, 0.1) is 16.8 Å². The second kappa shape index (κ2) is 7.90. The number of nitrogens with one attached hydrogen (secondary N) is 1. The van der Waals surface area contributed by atoms with Crippen LogP contribution in [0.3, 0.4) is 0 Å². The van der Waals surface area contributed by atoms with Gasteiger partial charge in [0.15, 0.2) is 0 Å². The molecule has 0 bridgehead atoms. The van der Waals surface area contributed by atoms with Gasteiger partial charge in [0.1, 0.15) is 11.2 Å². The van der Waals surface area contributed by atoms with Crippen LogP contribution < -0.4 is 11.0 Å². The quantitative estimate of drug-likeness (QED) is 0.451. The maximum Gasteiger partial charge on any atom is 0.281 e. The highest BCUT2D eigenvalue weighted by Gasteiger charge is 2.15. The number of benzene rings is 2. The first-order chi connectivity index (χ1) is 15.5. The summed E-state index contributed by atoms with van der Waals surface area (Å²) in [6.07, 6.45) is 1.35. The van der Waals surface area contributed by atoms with Crippen molar-refractivity contribution >= 4 is 27.5 Å². The lowest BCUT2D eigenvalue weighted by Gasteiger charge is -2.09. The molecular formula is C24H19N5O2S. The zero-order valence-corrected chi connectivity index (χ0v) is 18.3. The molecule has 0 spiro atoms. The van der Waals surface area contributed by atoms with Gasteiger partial charge in [-0.25, -0.2) is 14.3 Å². The topological polar surface area (TPSA) is 81.8 Å². The molecule has 2 aromatic carbocycles. The molecule has 1 N–H and O–H groups in total. The molecule has 0 aliphatic carbocycles. The van der Waals surface area contributed by atoms with Crippen molar-refractivity contribution in [2.24, 2.45) is 0 Å². The summed E-state index contributed by atoms with van der Waals surface area (Å²) >= 11 is 1.40. The summed E-state index contributed by atoms with van der Waals surface area (Å²) in [7, 11) is 0. The number of fused-ring (bicyclic) bond motifs is 1. The molecule has 32 heavy (non-hydrogen) atoms. The first-order valence-corrected chi connectivity index (χ1v) is 10.9. The largest absolute Gasteiger partial charge is 0.281 e. The smallest absolute Gasteiger partial charge is 0.267 e. The van der Waals surface area contributed by atoms with Crippen LogP contribution in [0.2, 0.25) is 0 Å². The maximum atomic E-state index is 13.1. The fraction of sp³-hybridized carbons (Fsp3) is 0.0833. The van der Waals surface area contributed by atoms with Crippen LogP contribution in [0, 0.1) is 13.8 Å². The van der Waals surface area contributed by atoms with E-state index >= 15 is 0 Å². The van der Waals surface area contributed by atoms with Crippen molar-refractivity contribution in [2.75, 3.05) is 5.43 Å². The normalized spacial score (nSPS) is 11.1. The second-order valence-electron chi connectivity index (χ2n) is 7.44. The predicted molar refractivity (Wildman–Crippen MR) is 126 cm³/mol. The molecule has 0 radical (unpaired) electrons. The summed E-state index contributed by atoms with van der Waals surface area (Å²) in [6, 6.07) is 18.7. The number of amides is 1. The van der Waals surface area contributed by atoms with Gasteiger partial charge in [-0.2, -0.15) is 5.10 Å². The molecule has 0 saturated carbocycles. The van der Waals surface area contributed by atoms with Crippen LogP contribution in [-0.2, 0) is 0 Å². The molecule has 5 aromatic rings. The number of nitrogens with zero attached hydrogens (tertiary/aromatic N) is 4. The molecule has 5 rings (SSSR count). The minimum absolute atomic E-state index is 0.317. The van der Waals surface area contributed by atoms with Crippen LogP contribution in [-0.4, -0.2) is 25.3 Å². The summed E-state index contributed by atoms with van der Waals surface area (Å²) in [4.78, 5) is 30.9. The molecule has 0 fully saturated rings. The number of aromatic nitrogens is 4. The van der Waals surface area contributed by atoms with E-state index in [4.69, 9.17) is 0 Å². The Morgan fingerprint density at radius 3 is 2.47 bits per heavy atom. The van der Waals surface area contributed by atoms with Crippen LogP contribution >= 0.6 is 11.3 Å². The minimum atomic E-state index is -0.398. The number of hydrogen-bond donors (Lipinski definition) is 1. The zero-order chi connectivity index (χ0) is 22.2. The monoisotopic (exact) mass is 441 g/mol. The lowest BCUT2D eigenvalue weighted by molar-refractivity contribution is 0.101. The van der Waals surface area contributed by atoms with Gasteiger partial charge in [0.25, 0.3) is 11.5 Å². The summed E-state index contributed by atoms with van der Waals surface area (Å²) in [5.41, 5.74) is 7.29. The Hall–Kier alpha value is -4.04. The van der Waals surface area contributed by atoms with Crippen molar-refractivity contribution in [1.82, 2.24) is 19.4 Å². The van der Waals surface area contributed by atoms with Crippen LogP contribution in [0.4, 0.5) is 0 Å². The van der Waals surface area contributed by atoms with Crippen molar-refractivity contribution < 1.29 is 4.79 Å². The van der Waals surface area contributed by atoms with Gasteiger partial charge in [-0.15, -0.1) is 11.3 Å². The number of carbonyl (C=O) groups is 1. The van der Waals surface area contributed by atoms with E-state index in [2.05, 4.69) is 15.5 Å². The summed E-state index contributed by atoms with van der Waals surface area (Å²) in [5.74, 6) is -0.398. The van der Waals surface area contributed by atoms with Gasteiger partial charge in [-0.3, -0.25) is 15.0 Å². The SMILES string of the molecule is Cc1cc(C)n(-c2ccc(C(=O)Nn3cnc4scc(-c5ccccc5)c4c3=O)cc2)n1. The van der Waals surface area contributed by atoms with Crippen molar-refractivity contribution in [3.05, 3.63) is 99.7 Å². The predicted octanol–water partition coefficient (Wildman–Crippen LogP) is 4.31. The number of rotatable bonds is 4. The van der Waals surface area contributed by atoms with Gasteiger partial charge in [-0.1, -0.05) is 30.3 Å². The van der Waals surface area contributed by atoms with E-state index in [1.54, 1.807) is 12.1 Å². The zero-order valence-electron chi connectivity index (χ0n) is 17.4. The number of hydrogen-bond acceptors (Lipinski definition) is 5. The Labute approximate surface area is 187 Å². The van der Waals surface area contributed by atoms with E-state index in [1.807, 2.05) is 72.4 Å². The van der Waals surface area contributed by atoms with Gasteiger partial charge in [0, 0.05) is 22.2 Å². The molecule has 0 aliphatic heterocycles. The van der Waals surface area contributed by atoms with Gasteiger partial charge in [-0.05, 0) is 49.7 Å². The van der Waals surface area contributed by atoms with E-state index in [9.17, 15) is 9.59 Å². The lowest BCUT2D eigenvalue weighted by Crippen LogP contribution is -2.33. The van der Waals surface area contributed by atoms with Crippen molar-refractivity contribution in [3.63, 3.8) is 0 Å². The standard InChI is InChI=1S/C24H19N5O2S/c1-15-12-16(2)29(26-15)19-10-8-18(9-11-19)22(30)27-28-14-25-23-21(24(28)31)20(13-32-23)17-6-4-3-5-7-17/h3-14H,1-2H3,(H,27,30). The highest BCUT2D eigenvalue weighted by molar-refractivity contribution is 7.17. The second-order valence-corrected chi connectivity index (χ2v) is 8.30. The van der Waals surface area contributed by atoms with Crippen molar-refractivity contribution in [1.29, 1.82) is 0 Å². The Kier molecular flexibility index (Phi) is 4.91. The van der Waals surface area contributed by atoms with E-state index in [-0.39, 0.29) is 5.56 Å². The molecule has 3 aromatic heterocycles. The van der Waals surface area contributed by atoms with Crippen molar-refractivity contribution in [3.8, 4) is 16.8 Å². The highest BCUT2D eigenvalue weighted by atomic mass is 32.1. The Balaban J connectivity index is 1.44. The fourth-order valence-corrected chi connectivity index (χ4v) is 4.57. The van der Waals surface area contributed by atoms with Gasteiger partial charge < -0.3 is 0 Å². The van der Waals surface area contributed by atoms with Crippen LogP contribution in [0.25, 0.3) is 27.0 Å². The first kappa shape index (κ1) is 19.9. The molecule has 158 valence electrons. The summed E-state index contributed by atoms with van der Waals surface area (Å²) in [6.45, 7) is 3.91. The third-order valence-electron chi connectivity index (χ3n) is 5.19. The molecule has 3 heterocycles. The molecular weight excluding hydrogens is 422 g/mol. The summed E-state index contributed by atoms with van der Waals surface area (Å²) < 4.78 is 2.96. The molecule has 7 nitrogen and oxygen atoms in total. The number of thiophene rings is 1. The average Bonchev–Trinajstić information content (AvgIpc) is 3.39. The van der Waals surface area contributed by atoms with Crippen LogP contribution in [0.5, 0.6) is 0 Å². The molecule has 0 aliphatic rings. The number of carbonyl (C=O) groups excluding carboxylic acids is 1. The van der Waals surface area contributed by atoms with E-state index in [0.717, 1.165) is 32.9 Å². The molecule has 0 saturated heterocycles. The number of aryl methyl sites for hydroxylation is 2. The third-order valence-corrected chi connectivity index (χ3v) is 6.07. The van der Waals surface area contributed by atoms with Gasteiger partial charge >= 0.3 is 0 Å². The van der Waals surface area contributed by atoms with Crippen LogP contribution in [0.15, 0.2) is 77.2 Å².